The molecule has 3 aromatic carbocycles. The van der Waals surface area contributed by atoms with Crippen LogP contribution in [0.3, 0.4) is 0 Å². The van der Waals surface area contributed by atoms with E-state index >= 15 is 0 Å². The molecule has 33 heavy (non-hydrogen) atoms. The van der Waals surface area contributed by atoms with Crippen LogP contribution in [0.15, 0.2) is 89.7 Å². The largest absolute Gasteiger partial charge is 0.457 e. The number of hydrogen-bond acceptors (Lipinski definition) is 4. The summed E-state index contributed by atoms with van der Waals surface area (Å²) in [4.78, 5) is 12.8. The first-order valence-electron chi connectivity index (χ1n) is 10.6. The fourth-order valence-corrected chi connectivity index (χ4v) is 3.79. The smallest absolute Gasteiger partial charge is 0.200 e. The molecule has 1 unspecified atom stereocenters. The molecule has 164 valence electrons. The average Bonchev–Trinajstić information content (AvgIpc) is 2.86. The van der Waals surface area contributed by atoms with Crippen molar-refractivity contribution in [2.24, 2.45) is 7.05 Å². The highest BCUT2D eigenvalue weighted by molar-refractivity contribution is 5.73. The Morgan fingerprint density at radius 3 is 2.09 bits per heavy atom. The maximum absolute atomic E-state index is 12.8. The average molecular weight is 437 g/mol. The van der Waals surface area contributed by atoms with Gasteiger partial charge in [0.05, 0.1) is 17.5 Å². The molecular formula is C28H24N2O3. The van der Waals surface area contributed by atoms with Gasteiger partial charge in [-0.1, -0.05) is 42.5 Å². The van der Waals surface area contributed by atoms with Crippen molar-refractivity contribution in [1.29, 1.82) is 5.26 Å². The second-order valence-electron chi connectivity index (χ2n) is 7.73. The van der Waals surface area contributed by atoms with Gasteiger partial charge in [-0.2, -0.15) is 5.26 Å². The molecule has 4 aromatic rings. The summed E-state index contributed by atoms with van der Waals surface area (Å²) in [6, 6.07) is 28.4. The number of rotatable bonds is 6. The van der Waals surface area contributed by atoms with E-state index in [2.05, 4.69) is 6.07 Å². The Bertz CT molecular complexity index is 1350. The van der Waals surface area contributed by atoms with Gasteiger partial charge in [0.1, 0.15) is 23.1 Å². The van der Waals surface area contributed by atoms with Crippen LogP contribution >= 0.6 is 0 Å². The molecule has 4 rings (SSSR count). The van der Waals surface area contributed by atoms with Crippen LogP contribution in [0.5, 0.6) is 11.5 Å². The lowest BCUT2D eigenvalue weighted by Crippen LogP contribution is -2.15. The molecule has 5 heteroatoms. The molecule has 0 saturated carbocycles. The summed E-state index contributed by atoms with van der Waals surface area (Å²) in [5, 5.41) is 9.72. The van der Waals surface area contributed by atoms with Crippen LogP contribution in [0.25, 0.3) is 22.5 Å². The predicted octanol–water partition coefficient (Wildman–Crippen LogP) is 6.09. The van der Waals surface area contributed by atoms with Crippen molar-refractivity contribution in [3.63, 3.8) is 0 Å². The topological polar surface area (TPSA) is 64.2 Å². The molecule has 0 aliphatic carbocycles. The Kier molecular flexibility index (Phi) is 6.39. The number of hydrogen-bond donors (Lipinski definition) is 0. The van der Waals surface area contributed by atoms with E-state index in [1.54, 1.807) is 7.11 Å². The molecule has 0 aliphatic heterocycles. The van der Waals surface area contributed by atoms with E-state index in [0.29, 0.717) is 11.4 Å². The van der Waals surface area contributed by atoms with Gasteiger partial charge in [-0.15, -0.1) is 0 Å². The zero-order valence-electron chi connectivity index (χ0n) is 18.8. The van der Waals surface area contributed by atoms with Gasteiger partial charge in [0.25, 0.3) is 0 Å². The van der Waals surface area contributed by atoms with Crippen LogP contribution in [0.1, 0.15) is 24.2 Å². The molecule has 0 amide bonds. The molecule has 0 aliphatic rings. The van der Waals surface area contributed by atoms with Gasteiger partial charge in [-0.05, 0) is 60.0 Å². The summed E-state index contributed by atoms with van der Waals surface area (Å²) < 4.78 is 13.1. The second kappa shape index (κ2) is 9.56. The first kappa shape index (κ1) is 22.1. The molecule has 0 spiro atoms. The summed E-state index contributed by atoms with van der Waals surface area (Å²) in [5.74, 6) is 1.41. The molecule has 5 nitrogen and oxygen atoms in total. The van der Waals surface area contributed by atoms with Crippen molar-refractivity contribution in [3.05, 3.63) is 106 Å². The van der Waals surface area contributed by atoms with Crippen LogP contribution < -0.4 is 10.2 Å². The summed E-state index contributed by atoms with van der Waals surface area (Å²) >= 11 is 0. The second-order valence-corrected chi connectivity index (χ2v) is 7.73. The number of benzene rings is 3. The highest BCUT2D eigenvalue weighted by atomic mass is 16.5. The van der Waals surface area contributed by atoms with E-state index in [9.17, 15) is 10.1 Å². The molecule has 0 saturated heterocycles. The monoisotopic (exact) mass is 436 g/mol. The Morgan fingerprint density at radius 1 is 0.879 bits per heavy atom. The number of pyridine rings is 1. The molecule has 0 N–H and O–H groups in total. The van der Waals surface area contributed by atoms with Gasteiger partial charge in [0.2, 0.25) is 5.43 Å². The maximum Gasteiger partial charge on any atom is 0.200 e. The van der Waals surface area contributed by atoms with E-state index in [1.165, 1.54) is 6.07 Å². The zero-order chi connectivity index (χ0) is 23.4. The van der Waals surface area contributed by atoms with Crippen LogP contribution in [0.4, 0.5) is 0 Å². The lowest BCUT2D eigenvalue weighted by molar-refractivity contribution is 0.119. The number of methoxy groups -OCH3 is 1. The van der Waals surface area contributed by atoms with Gasteiger partial charge in [0, 0.05) is 20.2 Å². The quantitative estimate of drug-likeness (QED) is 0.367. The van der Waals surface area contributed by atoms with Gasteiger partial charge < -0.3 is 14.0 Å². The van der Waals surface area contributed by atoms with Gasteiger partial charge >= 0.3 is 0 Å². The number of aromatic nitrogens is 1. The van der Waals surface area contributed by atoms with Crippen LogP contribution in [0, 0.1) is 11.3 Å². The van der Waals surface area contributed by atoms with Crippen molar-refractivity contribution in [2.75, 3.05) is 7.11 Å². The number of ether oxygens (including phenoxy) is 2. The molecule has 0 bridgehead atoms. The third-order valence-corrected chi connectivity index (χ3v) is 5.70. The van der Waals surface area contributed by atoms with E-state index < -0.39 is 0 Å². The van der Waals surface area contributed by atoms with Gasteiger partial charge in [0.15, 0.2) is 0 Å². The summed E-state index contributed by atoms with van der Waals surface area (Å²) in [5.41, 5.74) is 3.81. The lowest BCUT2D eigenvalue weighted by Gasteiger charge is -2.17. The van der Waals surface area contributed by atoms with Crippen molar-refractivity contribution >= 4 is 0 Å². The van der Waals surface area contributed by atoms with Crippen molar-refractivity contribution in [2.45, 2.75) is 13.0 Å². The molecule has 0 fully saturated rings. The van der Waals surface area contributed by atoms with E-state index in [1.807, 2.05) is 97.4 Å². The maximum atomic E-state index is 12.8. The van der Waals surface area contributed by atoms with Crippen molar-refractivity contribution in [1.82, 2.24) is 4.57 Å². The first-order chi connectivity index (χ1) is 16.0. The minimum atomic E-state index is -0.306. The predicted molar refractivity (Wildman–Crippen MR) is 129 cm³/mol. The lowest BCUT2D eigenvalue weighted by atomic mass is 10.0. The summed E-state index contributed by atoms with van der Waals surface area (Å²) in [6.07, 6.45) is -0.0176. The van der Waals surface area contributed by atoms with Crippen molar-refractivity contribution < 1.29 is 9.47 Å². The standard InChI is InChI=1S/C28H24N2O3/c1-19(32-3)20-9-11-21(12-10-20)26-17-27(31)25(18-29)28(30(26)2)22-13-15-24(16-14-22)33-23-7-5-4-6-8-23/h4-17,19H,1-3H3. The molecule has 0 radical (unpaired) electrons. The van der Waals surface area contributed by atoms with E-state index in [-0.39, 0.29) is 17.1 Å². The molecule has 1 heterocycles. The highest BCUT2D eigenvalue weighted by Crippen LogP contribution is 2.30. The first-order valence-corrected chi connectivity index (χ1v) is 10.6. The molecule has 1 aromatic heterocycles. The van der Waals surface area contributed by atoms with Crippen LogP contribution in [-0.2, 0) is 11.8 Å². The third kappa shape index (κ3) is 4.57. The SMILES string of the molecule is COC(C)c1ccc(-c2cc(=O)c(C#N)c(-c3ccc(Oc4ccccc4)cc3)n2C)cc1. The van der Waals surface area contributed by atoms with Crippen LogP contribution in [0.2, 0.25) is 0 Å². The number of nitriles is 1. The summed E-state index contributed by atoms with van der Waals surface area (Å²) in [7, 11) is 3.54. The van der Waals surface area contributed by atoms with Crippen LogP contribution in [-0.4, -0.2) is 11.7 Å². The number of para-hydroxylation sites is 1. The zero-order valence-corrected chi connectivity index (χ0v) is 18.8. The van der Waals surface area contributed by atoms with Crippen molar-refractivity contribution in [3.8, 4) is 40.1 Å². The van der Waals surface area contributed by atoms with Gasteiger partial charge in [-0.3, -0.25) is 4.79 Å². The van der Waals surface area contributed by atoms with Gasteiger partial charge in [-0.25, -0.2) is 0 Å². The fourth-order valence-electron chi connectivity index (χ4n) is 3.79. The number of nitrogens with zero attached hydrogens (tertiary/aromatic N) is 2. The third-order valence-electron chi connectivity index (χ3n) is 5.70. The Hall–Kier alpha value is -4.14. The molecular weight excluding hydrogens is 412 g/mol. The Labute approximate surface area is 193 Å². The normalized spacial score (nSPS) is 11.6. The fraction of sp³-hybridized carbons (Fsp3) is 0.143. The van der Waals surface area contributed by atoms with E-state index in [0.717, 1.165) is 28.1 Å². The minimum absolute atomic E-state index is 0.0176. The van der Waals surface area contributed by atoms with E-state index in [4.69, 9.17) is 9.47 Å². The minimum Gasteiger partial charge on any atom is -0.457 e. The Morgan fingerprint density at radius 2 is 1.48 bits per heavy atom. The highest BCUT2D eigenvalue weighted by Gasteiger charge is 2.17. The molecule has 1 atom stereocenters. The summed E-state index contributed by atoms with van der Waals surface area (Å²) in [6.45, 7) is 1.98. The Balaban J connectivity index is 1.75.